The molecule has 0 unspecified atom stereocenters. The SMILES string of the molecule is CCOC(=O)c1cn2nc(Oc3cccc(NC(=O)c4ccnc(C(F)(F)F)c4)c3)ccc2n1. The number of nitrogens with zero attached hydrogens (tertiary/aromatic N) is 4. The van der Waals surface area contributed by atoms with Crippen molar-refractivity contribution in [1.29, 1.82) is 0 Å². The van der Waals surface area contributed by atoms with Crippen LogP contribution in [0, 0.1) is 0 Å². The zero-order valence-corrected chi connectivity index (χ0v) is 17.5. The Morgan fingerprint density at radius 2 is 1.94 bits per heavy atom. The fraction of sp³-hybridized carbons (Fsp3) is 0.136. The monoisotopic (exact) mass is 471 g/mol. The minimum atomic E-state index is -4.66. The molecule has 3 aromatic heterocycles. The van der Waals surface area contributed by atoms with Gasteiger partial charge in [0.25, 0.3) is 5.91 Å². The Hall–Kier alpha value is -4.48. The Balaban J connectivity index is 1.49. The second kappa shape index (κ2) is 9.17. The number of benzene rings is 1. The predicted octanol–water partition coefficient (Wildman–Crippen LogP) is 4.36. The molecule has 0 saturated carbocycles. The van der Waals surface area contributed by atoms with E-state index in [0.29, 0.717) is 23.2 Å². The minimum Gasteiger partial charge on any atom is -0.461 e. The molecule has 4 aromatic rings. The van der Waals surface area contributed by atoms with Gasteiger partial charge in [-0.3, -0.25) is 9.78 Å². The van der Waals surface area contributed by atoms with Gasteiger partial charge in [0.05, 0.1) is 12.8 Å². The van der Waals surface area contributed by atoms with Crippen LogP contribution in [0.1, 0.15) is 33.5 Å². The quantitative estimate of drug-likeness (QED) is 0.416. The van der Waals surface area contributed by atoms with E-state index in [-0.39, 0.29) is 23.7 Å². The van der Waals surface area contributed by atoms with Crippen molar-refractivity contribution in [3.63, 3.8) is 0 Å². The molecule has 0 bridgehead atoms. The number of aromatic nitrogens is 4. The standard InChI is InChI=1S/C22H16F3N5O4/c1-2-33-21(32)16-12-30-18(28-16)6-7-19(29-30)34-15-5-3-4-14(11-15)27-20(31)13-8-9-26-17(10-13)22(23,24)25/h3-12H,2H2,1H3,(H,27,31). The molecule has 12 heteroatoms. The Labute approximate surface area is 190 Å². The van der Waals surface area contributed by atoms with Gasteiger partial charge in [-0.1, -0.05) is 6.07 Å². The molecular weight excluding hydrogens is 455 g/mol. The summed E-state index contributed by atoms with van der Waals surface area (Å²) in [6.07, 6.45) is -2.34. The lowest BCUT2D eigenvalue weighted by molar-refractivity contribution is -0.141. The van der Waals surface area contributed by atoms with Crippen LogP contribution in [-0.2, 0) is 10.9 Å². The van der Waals surface area contributed by atoms with Crippen LogP contribution in [0.2, 0.25) is 0 Å². The summed E-state index contributed by atoms with van der Waals surface area (Å²) in [4.78, 5) is 31.6. The summed E-state index contributed by atoms with van der Waals surface area (Å²) in [5.41, 5.74) is -0.559. The highest BCUT2D eigenvalue weighted by atomic mass is 19.4. The van der Waals surface area contributed by atoms with Crippen LogP contribution in [0.3, 0.4) is 0 Å². The van der Waals surface area contributed by atoms with E-state index in [1.54, 1.807) is 31.2 Å². The molecule has 9 nitrogen and oxygen atoms in total. The lowest BCUT2D eigenvalue weighted by Crippen LogP contribution is -2.15. The number of carbonyl (C=O) groups excluding carboxylic acids is 2. The molecule has 4 rings (SSSR count). The maximum atomic E-state index is 12.8. The average molecular weight is 471 g/mol. The molecule has 0 aliphatic rings. The molecule has 0 radical (unpaired) electrons. The highest BCUT2D eigenvalue weighted by molar-refractivity contribution is 6.04. The first kappa shape index (κ1) is 22.7. The van der Waals surface area contributed by atoms with E-state index >= 15 is 0 Å². The highest BCUT2D eigenvalue weighted by Crippen LogP contribution is 2.28. The Morgan fingerprint density at radius 3 is 2.71 bits per heavy atom. The maximum Gasteiger partial charge on any atom is 0.433 e. The Morgan fingerprint density at radius 1 is 1.12 bits per heavy atom. The largest absolute Gasteiger partial charge is 0.461 e. The van der Waals surface area contributed by atoms with Crippen LogP contribution >= 0.6 is 0 Å². The minimum absolute atomic E-state index is 0.0982. The molecule has 0 atom stereocenters. The molecule has 1 aromatic carbocycles. The number of esters is 1. The lowest BCUT2D eigenvalue weighted by Gasteiger charge is -2.10. The van der Waals surface area contributed by atoms with Crippen molar-refractivity contribution in [3.8, 4) is 11.6 Å². The van der Waals surface area contributed by atoms with Crippen molar-refractivity contribution >= 4 is 23.2 Å². The van der Waals surface area contributed by atoms with Gasteiger partial charge in [0, 0.05) is 29.6 Å². The maximum absolute atomic E-state index is 12.8. The van der Waals surface area contributed by atoms with Crippen LogP contribution in [0.4, 0.5) is 18.9 Å². The fourth-order valence-electron chi connectivity index (χ4n) is 2.91. The number of anilines is 1. The number of rotatable bonds is 6. The number of hydrogen-bond acceptors (Lipinski definition) is 7. The molecule has 1 N–H and O–H groups in total. The van der Waals surface area contributed by atoms with Gasteiger partial charge in [0.2, 0.25) is 5.88 Å². The molecule has 0 fully saturated rings. The third-order valence-electron chi connectivity index (χ3n) is 4.41. The van der Waals surface area contributed by atoms with Crippen LogP contribution in [0.5, 0.6) is 11.6 Å². The fourth-order valence-corrected chi connectivity index (χ4v) is 2.91. The molecule has 1 amide bonds. The lowest BCUT2D eigenvalue weighted by atomic mass is 10.2. The Bertz CT molecular complexity index is 1370. The van der Waals surface area contributed by atoms with Crippen LogP contribution in [0.15, 0.2) is 60.9 Å². The van der Waals surface area contributed by atoms with E-state index in [1.807, 2.05) is 0 Å². The van der Waals surface area contributed by atoms with Crippen LogP contribution < -0.4 is 10.1 Å². The smallest absolute Gasteiger partial charge is 0.433 e. The summed E-state index contributed by atoms with van der Waals surface area (Å²) in [6, 6.07) is 11.2. The van der Waals surface area contributed by atoms with E-state index in [9.17, 15) is 22.8 Å². The summed E-state index contributed by atoms with van der Waals surface area (Å²) in [6.45, 7) is 1.90. The van der Waals surface area contributed by atoms with Crippen molar-refractivity contribution in [3.05, 3.63) is 77.9 Å². The van der Waals surface area contributed by atoms with Gasteiger partial charge in [-0.15, -0.1) is 5.10 Å². The van der Waals surface area contributed by atoms with E-state index in [0.717, 1.165) is 6.20 Å². The van der Waals surface area contributed by atoms with E-state index in [1.165, 1.54) is 28.9 Å². The van der Waals surface area contributed by atoms with Gasteiger partial charge in [-0.2, -0.15) is 13.2 Å². The molecule has 0 aliphatic carbocycles. The number of amides is 1. The number of hydrogen-bond donors (Lipinski definition) is 1. The Kier molecular flexibility index (Phi) is 6.13. The topological polar surface area (TPSA) is 108 Å². The number of alkyl halides is 3. The van der Waals surface area contributed by atoms with E-state index in [2.05, 4.69) is 20.4 Å². The van der Waals surface area contributed by atoms with E-state index < -0.39 is 23.7 Å². The van der Waals surface area contributed by atoms with Gasteiger partial charge in [-0.05, 0) is 37.3 Å². The number of imidazole rings is 1. The highest BCUT2D eigenvalue weighted by Gasteiger charge is 2.33. The van der Waals surface area contributed by atoms with Crippen molar-refractivity contribution in [2.75, 3.05) is 11.9 Å². The van der Waals surface area contributed by atoms with Crippen molar-refractivity contribution in [2.45, 2.75) is 13.1 Å². The van der Waals surface area contributed by atoms with Crippen LogP contribution in [-0.4, -0.2) is 38.1 Å². The van der Waals surface area contributed by atoms with Crippen LogP contribution in [0.25, 0.3) is 5.65 Å². The second-order valence-corrected chi connectivity index (χ2v) is 6.83. The number of ether oxygens (including phenoxy) is 2. The first-order chi connectivity index (χ1) is 16.2. The van der Waals surface area contributed by atoms with Gasteiger partial charge < -0.3 is 14.8 Å². The number of carbonyl (C=O) groups is 2. The molecule has 174 valence electrons. The normalized spacial score (nSPS) is 11.3. The third kappa shape index (κ3) is 5.11. The zero-order valence-electron chi connectivity index (χ0n) is 17.5. The van der Waals surface area contributed by atoms with Crippen molar-refractivity contribution in [2.24, 2.45) is 0 Å². The zero-order chi connectivity index (χ0) is 24.3. The molecule has 0 saturated heterocycles. The second-order valence-electron chi connectivity index (χ2n) is 6.83. The average Bonchev–Trinajstić information content (AvgIpc) is 3.23. The molecule has 0 aliphatic heterocycles. The van der Waals surface area contributed by atoms with Crippen molar-refractivity contribution in [1.82, 2.24) is 19.6 Å². The molecule has 34 heavy (non-hydrogen) atoms. The predicted molar refractivity (Wildman–Crippen MR) is 113 cm³/mol. The van der Waals surface area contributed by atoms with Gasteiger partial charge in [0.15, 0.2) is 11.3 Å². The summed E-state index contributed by atoms with van der Waals surface area (Å²) in [5.74, 6) is -0.834. The van der Waals surface area contributed by atoms with Gasteiger partial charge in [-0.25, -0.2) is 14.3 Å². The first-order valence-electron chi connectivity index (χ1n) is 9.89. The summed E-state index contributed by atoms with van der Waals surface area (Å²) in [5, 5.41) is 6.75. The van der Waals surface area contributed by atoms with Gasteiger partial charge >= 0.3 is 12.1 Å². The first-order valence-corrected chi connectivity index (χ1v) is 9.89. The summed E-state index contributed by atoms with van der Waals surface area (Å²) >= 11 is 0. The number of pyridine rings is 1. The summed E-state index contributed by atoms with van der Waals surface area (Å²) in [7, 11) is 0. The van der Waals surface area contributed by atoms with E-state index in [4.69, 9.17) is 9.47 Å². The molecular formula is C22H16F3N5O4. The number of nitrogens with one attached hydrogen (secondary N) is 1. The molecule has 3 heterocycles. The molecule has 0 spiro atoms. The third-order valence-corrected chi connectivity index (χ3v) is 4.41. The van der Waals surface area contributed by atoms with Crippen molar-refractivity contribution < 1.29 is 32.2 Å². The number of halogens is 3. The van der Waals surface area contributed by atoms with Gasteiger partial charge in [0.1, 0.15) is 11.4 Å². The summed E-state index contributed by atoms with van der Waals surface area (Å²) < 4.78 is 50.5. The number of fused-ring (bicyclic) bond motifs is 1.